The average Bonchev–Trinajstić information content (AvgIpc) is 3.09. The van der Waals surface area contributed by atoms with E-state index in [0.717, 1.165) is 35.0 Å². The summed E-state index contributed by atoms with van der Waals surface area (Å²) in [5.74, 6) is 0.0104. The Morgan fingerprint density at radius 1 is 1.04 bits per heavy atom. The summed E-state index contributed by atoms with van der Waals surface area (Å²) < 4.78 is 1.16. The van der Waals surface area contributed by atoms with E-state index in [1.54, 1.807) is 11.3 Å². The maximum absolute atomic E-state index is 13.2. The zero-order valence-electron chi connectivity index (χ0n) is 16.9. The first-order chi connectivity index (χ1) is 13.0. The van der Waals surface area contributed by atoms with Gasteiger partial charge in [-0.15, -0.1) is 12.4 Å². The van der Waals surface area contributed by atoms with Crippen LogP contribution in [0, 0.1) is 13.8 Å². The summed E-state index contributed by atoms with van der Waals surface area (Å²) in [4.78, 5) is 22.2. The van der Waals surface area contributed by atoms with Crippen molar-refractivity contribution in [3.8, 4) is 0 Å². The molecule has 3 aromatic rings. The van der Waals surface area contributed by atoms with Gasteiger partial charge in [-0.1, -0.05) is 49.4 Å². The quantitative estimate of drug-likeness (QED) is 0.521. The van der Waals surface area contributed by atoms with Crippen LogP contribution in [0.2, 0.25) is 0 Å². The second-order valence-corrected chi connectivity index (χ2v) is 7.75. The fourth-order valence-corrected chi connectivity index (χ4v) is 4.32. The first-order valence-electron chi connectivity index (χ1n) is 9.50. The molecule has 2 aromatic carbocycles. The summed E-state index contributed by atoms with van der Waals surface area (Å²) in [5, 5.41) is 0.778. The molecule has 0 saturated carbocycles. The van der Waals surface area contributed by atoms with Gasteiger partial charge in [0.25, 0.3) is 5.91 Å². The summed E-state index contributed by atoms with van der Waals surface area (Å²) in [5.41, 5.74) is 4.08. The lowest BCUT2D eigenvalue weighted by Crippen LogP contribution is -2.38. The highest BCUT2D eigenvalue weighted by molar-refractivity contribution is 7.22. The molecule has 0 spiro atoms. The van der Waals surface area contributed by atoms with Gasteiger partial charge in [-0.3, -0.25) is 9.69 Å². The molecule has 0 saturated heterocycles. The number of benzene rings is 2. The maximum Gasteiger partial charge on any atom is 0.260 e. The van der Waals surface area contributed by atoms with Crippen molar-refractivity contribution in [3.05, 3.63) is 59.2 Å². The summed E-state index contributed by atoms with van der Waals surface area (Å²) in [7, 11) is 0. The Morgan fingerprint density at radius 2 is 1.71 bits per heavy atom. The van der Waals surface area contributed by atoms with E-state index in [9.17, 15) is 4.79 Å². The normalized spacial score (nSPS) is 10.9. The minimum atomic E-state index is 0. The third-order valence-corrected chi connectivity index (χ3v) is 6.07. The first-order valence-corrected chi connectivity index (χ1v) is 10.3. The Morgan fingerprint density at radius 3 is 2.36 bits per heavy atom. The second-order valence-electron chi connectivity index (χ2n) is 6.78. The molecule has 4 nitrogen and oxygen atoms in total. The molecule has 0 bridgehead atoms. The van der Waals surface area contributed by atoms with Crippen LogP contribution in [0.3, 0.4) is 0 Å². The maximum atomic E-state index is 13.2. The number of carbonyl (C=O) groups excluding carboxylic acids is 1. The number of amides is 1. The molecule has 1 aromatic heterocycles. The molecule has 28 heavy (non-hydrogen) atoms. The lowest BCUT2D eigenvalue weighted by molar-refractivity contribution is 0.0984. The summed E-state index contributed by atoms with van der Waals surface area (Å²) in [6.07, 6.45) is 0. The molecule has 0 unspecified atom stereocenters. The number of likely N-dealkylation sites (N-methyl/N-ethyl adjacent to an activating group) is 1. The molecule has 0 fully saturated rings. The van der Waals surface area contributed by atoms with Gasteiger partial charge < -0.3 is 4.90 Å². The molecule has 0 aliphatic rings. The van der Waals surface area contributed by atoms with Crippen molar-refractivity contribution in [3.63, 3.8) is 0 Å². The number of carbonyl (C=O) groups is 1. The van der Waals surface area contributed by atoms with Crippen LogP contribution in [0.4, 0.5) is 5.13 Å². The highest BCUT2D eigenvalue weighted by Gasteiger charge is 2.22. The van der Waals surface area contributed by atoms with E-state index in [-0.39, 0.29) is 18.3 Å². The Labute approximate surface area is 177 Å². The number of hydrogen-bond donors (Lipinski definition) is 0. The fraction of sp³-hybridized carbons (Fsp3) is 0.364. The van der Waals surface area contributed by atoms with Crippen LogP contribution in [0.25, 0.3) is 10.2 Å². The van der Waals surface area contributed by atoms with Gasteiger partial charge in [-0.25, -0.2) is 4.98 Å². The van der Waals surface area contributed by atoms with E-state index in [4.69, 9.17) is 4.98 Å². The standard InChI is InChI=1S/C22H27N3OS.ClH/c1-5-24(6-2)12-13-25(21(26)18-10-8-7-9-11-18)22-23-19-15-16(3)14-17(4)20(19)27-22;/h7-11,14-15H,5-6,12-13H2,1-4H3;1H. The van der Waals surface area contributed by atoms with Gasteiger partial charge in [0.05, 0.1) is 10.2 Å². The van der Waals surface area contributed by atoms with E-state index in [0.29, 0.717) is 12.1 Å². The number of aryl methyl sites for hydroxylation is 2. The number of thiazole rings is 1. The van der Waals surface area contributed by atoms with Crippen LogP contribution >= 0.6 is 23.7 Å². The smallest absolute Gasteiger partial charge is 0.260 e. The van der Waals surface area contributed by atoms with Gasteiger partial charge >= 0.3 is 0 Å². The van der Waals surface area contributed by atoms with Crippen molar-refractivity contribution in [1.29, 1.82) is 0 Å². The molecule has 1 amide bonds. The SMILES string of the molecule is CCN(CC)CCN(C(=O)c1ccccc1)c1nc2cc(C)cc(C)c2s1.Cl. The molecule has 1 heterocycles. The summed E-state index contributed by atoms with van der Waals surface area (Å²) in [6, 6.07) is 13.7. The lowest BCUT2D eigenvalue weighted by Gasteiger charge is -2.24. The number of halogens is 1. The minimum Gasteiger partial charge on any atom is -0.302 e. The predicted molar refractivity (Wildman–Crippen MR) is 122 cm³/mol. The van der Waals surface area contributed by atoms with Crippen molar-refractivity contribution in [2.45, 2.75) is 27.7 Å². The van der Waals surface area contributed by atoms with Gasteiger partial charge in [0.1, 0.15) is 0 Å². The molecule has 6 heteroatoms. The lowest BCUT2D eigenvalue weighted by atomic mass is 10.1. The van der Waals surface area contributed by atoms with Crippen LogP contribution in [-0.4, -0.2) is 42.0 Å². The third-order valence-electron chi connectivity index (χ3n) is 4.84. The summed E-state index contributed by atoms with van der Waals surface area (Å²) in [6.45, 7) is 11.9. The largest absolute Gasteiger partial charge is 0.302 e. The van der Waals surface area contributed by atoms with E-state index < -0.39 is 0 Å². The van der Waals surface area contributed by atoms with Crippen molar-refractivity contribution in [2.24, 2.45) is 0 Å². The van der Waals surface area contributed by atoms with E-state index in [1.807, 2.05) is 35.2 Å². The molecule has 150 valence electrons. The Bertz CT molecular complexity index is 922. The van der Waals surface area contributed by atoms with E-state index >= 15 is 0 Å². The summed E-state index contributed by atoms with van der Waals surface area (Å²) >= 11 is 1.61. The van der Waals surface area contributed by atoms with Gasteiger partial charge in [-0.2, -0.15) is 0 Å². The Kier molecular flexibility index (Phi) is 7.98. The van der Waals surface area contributed by atoms with Crippen molar-refractivity contribution >= 4 is 45.0 Å². The molecular weight excluding hydrogens is 390 g/mol. The van der Waals surface area contributed by atoms with Crippen molar-refractivity contribution in [1.82, 2.24) is 9.88 Å². The van der Waals surface area contributed by atoms with Crippen LogP contribution in [0.15, 0.2) is 42.5 Å². The highest BCUT2D eigenvalue weighted by Crippen LogP contribution is 2.32. The number of fused-ring (bicyclic) bond motifs is 1. The zero-order chi connectivity index (χ0) is 19.4. The molecular formula is C22H28ClN3OS. The minimum absolute atomic E-state index is 0. The van der Waals surface area contributed by atoms with E-state index in [2.05, 4.69) is 44.7 Å². The number of rotatable bonds is 7. The van der Waals surface area contributed by atoms with Gasteiger partial charge in [-0.05, 0) is 56.3 Å². The number of anilines is 1. The number of nitrogens with zero attached hydrogens (tertiary/aromatic N) is 3. The van der Waals surface area contributed by atoms with Crippen LogP contribution in [-0.2, 0) is 0 Å². The molecule has 0 N–H and O–H groups in total. The molecule has 0 aliphatic carbocycles. The van der Waals surface area contributed by atoms with Crippen LogP contribution in [0.5, 0.6) is 0 Å². The predicted octanol–water partition coefficient (Wildman–Crippen LogP) is 5.32. The van der Waals surface area contributed by atoms with Gasteiger partial charge in [0.15, 0.2) is 5.13 Å². The molecule has 0 atom stereocenters. The average molecular weight is 418 g/mol. The Hall–Kier alpha value is -1.95. The molecule has 0 radical (unpaired) electrons. The van der Waals surface area contributed by atoms with Crippen molar-refractivity contribution < 1.29 is 4.79 Å². The molecule has 3 rings (SSSR count). The molecule has 0 aliphatic heterocycles. The topological polar surface area (TPSA) is 36.4 Å². The fourth-order valence-electron chi connectivity index (χ4n) is 3.28. The number of aromatic nitrogens is 1. The van der Waals surface area contributed by atoms with Gasteiger partial charge in [0.2, 0.25) is 0 Å². The van der Waals surface area contributed by atoms with Crippen molar-refractivity contribution in [2.75, 3.05) is 31.1 Å². The van der Waals surface area contributed by atoms with Gasteiger partial charge in [0, 0.05) is 18.7 Å². The monoisotopic (exact) mass is 417 g/mol. The highest BCUT2D eigenvalue weighted by atomic mass is 35.5. The third kappa shape index (κ3) is 4.90. The van der Waals surface area contributed by atoms with Crippen LogP contribution in [0.1, 0.15) is 35.3 Å². The second kappa shape index (κ2) is 10.0. The number of hydrogen-bond acceptors (Lipinski definition) is 4. The zero-order valence-corrected chi connectivity index (χ0v) is 18.6. The van der Waals surface area contributed by atoms with E-state index in [1.165, 1.54) is 11.1 Å². The van der Waals surface area contributed by atoms with Crippen LogP contribution < -0.4 is 4.90 Å². The first kappa shape index (κ1) is 22.3. The Balaban J connectivity index is 0.00000280.